The minimum atomic E-state index is -1.20. The van der Waals surface area contributed by atoms with Crippen molar-refractivity contribution in [2.24, 2.45) is 5.92 Å². The monoisotopic (exact) mass is 421 g/mol. The van der Waals surface area contributed by atoms with E-state index >= 15 is 0 Å². The van der Waals surface area contributed by atoms with Crippen LogP contribution in [0.4, 0.5) is 4.39 Å². The number of carboxylic acid groups (broad SMARTS) is 1. The Morgan fingerprint density at radius 2 is 2.03 bits per heavy atom. The number of methoxy groups -OCH3 is 1. The van der Waals surface area contributed by atoms with Gasteiger partial charge in [-0.3, -0.25) is 14.0 Å². The van der Waals surface area contributed by atoms with Crippen LogP contribution in [-0.4, -0.2) is 41.8 Å². The number of carboxylic acids is 1. The van der Waals surface area contributed by atoms with E-state index in [9.17, 15) is 23.9 Å². The van der Waals surface area contributed by atoms with Crippen LogP contribution in [0.1, 0.15) is 34.8 Å². The maximum absolute atomic E-state index is 13.5. The van der Waals surface area contributed by atoms with Gasteiger partial charge in [0.25, 0.3) is 5.56 Å². The second-order valence-electron chi connectivity index (χ2n) is 7.14. The number of benzene rings is 1. The maximum atomic E-state index is 13.5. The Labute approximate surface area is 171 Å². The van der Waals surface area contributed by atoms with Gasteiger partial charge in [0, 0.05) is 49.4 Å². The van der Waals surface area contributed by atoms with Gasteiger partial charge in [0.05, 0.1) is 6.67 Å². The first-order valence-electron chi connectivity index (χ1n) is 9.21. The second kappa shape index (κ2) is 8.88. The average molecular weight is 422 g/mol. The van der Waals surface area contributed by atoms with Crippen LogP contribution in [0.25, 0.3) is 11.1 Å². The standard InChI is InChI=1S/C21H21ClFNO5/c1-29-5-4-18(21(27)28)24-11-17-16(9-20(24)26)15-8-14(22)3-2-13(15)6-12(10-23)7-19(17)25/h2-3,8-9,11-12,18H,4-7,10H2,1H3,(H,27,28). The average Bonchev–Trinajstić information content (AvgIpc) is 2.68. The van der Waals surface area contributed by atoms with E-state index in [1.165, 1.54) is 19.4 Å². The molecule has 29 heavy (non-hydrogen) atoms. The largest absolute Gasteiger partial charge is 0.480 e. The Morgan fingerprint density at radius 1 is 1.28 bits per heavy atom. The predicted molar refractivity (Wildman–Crippen MR) is 106 cm³/mol. The molecule has 1 N–H and O–H groups in total. The van der Waals surface area contributed by atoms with Crippen LogP contribution in [0.15, 0.2) is 35.3 Å². The minimum absolute atomic E-state index is 0.0282. The van der Waals surface area contributed by atoms with Crippen molar-refractivity contribution in [1.29, 1.82) is 0 Å². The fourth-order valence-electron chi connectivity index (χ4n) is 3.69. The van der Waals surface area contributed by atoms with Gasteiger partial charge in [-0.05, 0) is 41.2 Å². The summed E-state index contributed by atoms with van der Waals surface area (Å²) in [6, 6.07) is 5.19. The van der Waals surface area contributed by atoms with E-state index in [0.717, 1.165) is 10.1 Å². The molecule has 0 amide bonds. The number of rotatable bonds is 6. The number of hydrogen-bond acceptors (Lipinski definition) is 4. The number of carbonyl (C=O) groups is 2. The van der Waals surface area contributed by atoms with Gasteiger partial charge >= 0.3 is 5.97 Å². The van der Waals surface area contributed by atoms with Crippen LogP contribution >= 0.6 is 11.6 Å². The molecular formula is C21H21ClFNO5. The Morgan fingerprint density at radius 3 is 2.69 bits per heavy atom. The number of Topliss-reactive ketones (excluding diaryl/α,β-unsaturated/α-hetero) is 1. The van der Waals surface area contributed by atoms with Gasteiger partial charge in [0.15, 0.2) is 5.78 Å². The number of ether oxygens (including phenoxy) is 1. The van der Waals surface area contributed by atoms with E-state index < -0.39 is 30.2 Å². The summed E-state index contributed by atoms with van der Waals surface area (Å²) < 4.78 is 19.5. The van der Waals surface area contributed by atoms with Crippen LogP contribution in [0.5, 0.6) is 0 Å². The molecule has 2 aromatic rings. The third kappa shape index (κ3) is 4.41. The molecule has 0 fully saturated rings. The summed E-state index contributed by atoms with van der Waals surface area (Å²) in [4.78, 5) is 37.4. The first kappa shape index (κ1) is 21.2. The molecule has 1 aliphatic rings. The van der Waals surface area contributed by atoms with Crippen molar-refractivity contribution in [3.8, 4) is 11.1 Å². The number of nitrogens with zero attached hydrogens (tertiary/aromatic N) is 1. The second-order valence-corrected chi connectivity index (χ2v) is 7.57. The lowest BCUT2D eigenvalue weighted by atomic mass is 9.83. The molecule has 2 unspecified atom stereocenters. The SMILES string of the molecule is COCCC(C(=O)O)n1cc2c(cc1=O)-c1cc(Cl)ccc1CC(CF)CC2=O. The summed E-state index contributed by atoms with van der Waals surface area (Å²) in [5.41, 5.74) is 1.41. The molecule has 1 heterocycles. The summed E-state index contributed by atoms with van der Waals surface area (Å²) >= 11 is 6.13. The van der Waals surface area contributed by atoms with Crippen molar-refractivity contribution in [2.75, 3.05) is 20.4 Å². The first-order chi connectivity index (χ1) is 13.8. The highest BCUT2D eigenvalue weighted by Crippen LogP contribution is 2.35. The van der Waals surface area contributed by atoms with Gasteiger partial charge in [0.2, 0.25) is 0 Å². The number of halogens is 2. The van der Waals surface area contributed by atoms with Crippen molar-refractivity contribution >= 4 is 23.4 Å². The molecule has 8 heteroatoms. The maximum Gasteiger partial charge on any atom is 0.326 e. The van der Waals surface area contributed by atoms with E-state index in [1.807, 2.05) is 0 Å². The Hall–Kier alpha value is -2.51. The van der Waals surface area contributed by atoms with Gasteiger partial charge in [-0.15, -0.1) is 0 Å². The van der Waals surface area contributed by atoms with Gasteiger partial charge in [0.1, 0.15) is 6.04 Å². The Balaban J connectivity index is 2.23. The summed E-state index contributed by atoms with van der Waals surface area (Å²) in [6.45, 7) is -0.523. The Kier molecular flexibility index (Phi) is 6.49. The molecule has 1 aliphatic carbocycles. The fourth-order valence-corrected chi connectivity index (χ4v) is 3.86. The molecule has 2 atom stereocenters. The lowest BCUT2D eigenvalue weighted by molar-refractivity contribution is -0.141. The summed E-state index contributed by atoms with van der Waals surface area (Å²) in [6.07, 6.45) is 1.66. The van der Waals surface area contributed by atoms with Crippen LogP contribution in [0, 0.1) is 5.92 Å². The normalized spacial score (nSPS) is 17.1. The summed E-state index contributed by atoms with van der Waals surface area (Å²) in [5, 5.41) is 9.98. The smallest absolute Gasteiger partial charge is 0.326 e. The molecular weight excluding hydrogens is 401 g/mol. The minimum Gasteiger partial charge on any atom is -0.480 e. The van der Waals surface area contributed by atoms with E-state index in [2.05, 4.69) is 0 Å². The lowest BCUT2D eigenvalue weighted by Crippen LogP contribution is -2.32. The molecule has 1 aromatic heterocycles. The van der Waals surface area contributed by atoms with Crippen molar-refractivity contribution in [3.63, 3.8) is 0 Å². The molecule has 6 nitrogen and oxygen atoms in total. The number of hydrogen-bond donors (Lipinski definition) is 1. The first-order valence-corrected chi connectivity index (χ1v) is 9.59. The van der Waals surface area contributed by atoms with Crippen LogP contribution in [0.2, 0.25) is 5.02 Å². The molecule has 0 saturated heterocycles. The molecule has 3 rings (SSSR count). The number of alkyl halides is 1. The summed E-state index contributed by atoms with van der Waals surface area (Å²) in [7, 11) is 1.43. The third-order valence-electron chi connectivity index (χ3n) is 5.16. The number of pyridine rings is 1. The van der Waals surface area contributed by atoms with E-state index in [4.69, 9.17) is 16.3 Å². The molecule has 1 aromatic carbocycles. The van der Waals surface area contributed by atoms with E-state index in [1.54, 1.807) is 18.2 Å². The van der Waals surface area contributed by atoms with Gasteiger partial charge in [-0.25, -0.2) is 4.79 Å². The van der Waals surface area contributed by atoms with Gasteiger partial charge in [-0.1, -0.05) is 17.7 Å². The van der Waals surface area contributed by atoms with E-state index in [-0.39, 0.29) is 30.8 Å². The number of aliphatic carboxylic acids is 1. The summed E-state index contributed by atoms with van der Waals surface area (Å²) in [5.74, 6) is -2.04. The lowest BCUT2D eigenvalue weighted by Gasteiger charge is -2.23. The highest BCUT2D eigenvalue weighted by atomic mass is 35.5. The molecule has 0 spiro atoms. The highest BCUT2D eigenvalue weighted by Gasteiger charge is 2.28. The Bertz CT molecular complexity index is 1000. The van der Waals surface area contributed by atoms with E-state index in [0.29, 0.717) is 22.6 Å². The third-order valence-corrected chi connectivity index (χ3v) is 5.40. The zero-order valence-electron chi connectivity index (χ0n) is 15.9. The van der Waals surface area contributed by atoms with Crippen LogP contribution < -0.4 is 5.56 Å². The van der Waals surface area contributed by atoms with Crippen LogP contribution in [-0.2, 0) is 16.0 Å². The van der Waals surface area contributed by atoms with Gasteiger partial charge < -0.3 is 14.4 Å². The number of ketones is 1. The molecule has 0 bridgehead atoms. The molecule has 154 valence electrons. The van der Waals surface area contributed by atoms with Crippen molar-refractivity contribution in [2.45, 2.75) is 25.3 Å². The fraction of sp³-hybridized carbons (Fsp3) is 0.381. The number of fused-ring (bicyclic) bond motifs is 3. The highest BCUT2D eigenvalue weighted by molar-refractivity contribution is 6.31. The van der Waals surface area contributed by atoms with Gasteiger partial charge in [-0.2, -0.15) is 0 Å². The number of aromatic nitrogens is 1. The predicted octanol–water partition coefficient (Wildman–Crippen LogP) is 3.55. The van der Waals surface area contributed by atoms with Crippen LogP contribution in [0.3, 0.4) is 0 Å². The molecule has 0 aliphatic heterocycles. The van der Waals surface area contributed by atoms with Crippen molar-refractivity contribution < 1.29 is 23.8 Å². The topological polar surface area (TPSA) is 85.6 Å². The molecule has 0 radical (unpaired) electrons. The number of carbonyl (C=O) groups excluding carboxylic acids is 1. The zero-order chi connectivity index (χ0) is 21.1. The quantitative estimate of drug-likeness (QED) is 0.771. The zero-order valence-corrected chi connectivity index (χ0v) is 16.6. The van der Waals surface area contributed by atoms with Crippen molar-refractivity contribution in [1.82, 2.24) is 4.57 Å². The van der Waals surface area contributed by atoms with Crippen molar-refractivity contribution in [3.05, 3.63) is 57.0 Å². The molecule has 0 saturated carbocycles.